The minimum atomic E-state index is 0.0700. The van der Waals surface area contributed by atoms with E-state index < -0.39 is 0 Å². The second kappa shape index (κ2) is 11.1. The molecule has 24 heavy (non-hydrogen) atoms. The van der Waals surface area contributed by atoms with Crippen LogP contribution in [0, 0.1) is 11.3 Å². The molecule has 0 atom stereocenters. The molecule has 1 aromatic rings. The minimum absolute atomic E-state index is 0.0700. The van der Waals surface area contributed by atoms with Gasteiger partial charge in [0, 0.05) is 23.6 Å². The van der Waals surface area contributed by atoms with Crippen LogP contribution < -0.4 is 5.32 Å². The van der Waals surface area contributed by atoms with E-state index in [-0.39, 0.29) is 5.91 Å². The number of nitrogens with zero attached hydrogens (tertiary/aromatic N) is 1. The Balaban J connectivity index is 1.52. The van der Waals surface area contributed by atoms with E-state index in [0.29, 0.717) is 31.2 Å². The smallest absolute Gasteiger partial charge is 0.220 e. The number of thioether (sulfide) groups is 1. The average Bonchev–Trinajstić information content (AvgIpc) is 2.88. The van der Waals surface area contributed by atoms with Crippen LogP contribution in [0.2, 0.25) is 0 Å². The van der Waals surface area contributed by atoms with Gasteiger partial charge in [0.25, 0.3) is 0 Å². The molecule has 2 rings (SSSR count). The summed E-state index contributed by atoms with van der Waals surface area (Å²) in [7, 11) is 0. The molecule has 0 aromatic heterocycles. The molecular weight excluding hydrogens is 320 g/mol. The standard InChI is InChI=1S/C19H26N2O2S/c20-15-16-7-9-18(10-8-16)24-14-11-19(22)21-12-13-23-17-5-3-1-2-4-6-17/h7-10,17H,1-6,11-14H2,(H,21,22). The molecule has 1 aliphatic carbocycles. The summed E-state index contributed by atoms with van der Waals surface area (Å²) in [4.78, 5) is 12.9. The number of nitrogens with one attached hydrogen (secondary N) is 1. The second-order valence-corrected chi connectivity index (χ2v) is 7.24. The maximum atomic E-state index is 11.8. The highest BCUT2D eigenvalue weighted by Crippen LogP contribution is 2.20. The Morgan fingerprint density at radius 3 is 2.58 bits per heavy atom. The van der Waals surface area contributed by atoms with E-state index in [4.69, 9.17) is 10.00 Å². The summed E-state index contributed by atoms with van der Waals surface area (Å²) < 4.78 is 5.86. The van der Waals surface area contributed by atoms with Gasteiger partial charge in [0.15, 0.2) is 0 Å². The molecule has 0 saturated heterocycles. The van der Waals surface area contributed by atoms with Crippen LogP contribution in [-0.2, 0) is 9.53 Å². The van der Waals surface area contributed by atoms with Gasteiger partial charge in [-0.05, 0) is 37.1 Å². The highest BCUT2D eigenvalue weighted by atomic mass is 32.2. The molecule has 130 valence electrons. The summed E-state index contributed by atoms with van der Waals surface area (Å²) in [5.74, 6) is 0.807. The first kappa shape index (κ1) is 18.8. The lowest BCUT2D eigenvalue weighted by Crippen LogP contribution is -2.29. The zero-order chi connectivity index (χ0) is 17.0. The third-order valence-electron chi connectivity index (χ3n) is 4.16. The Hall–Kier alpha value is -1.51. The Bertz CT molecular complexity index is 531. The van der Waals surface area contributed by atoms with Gasteiger partial charge in [0.2, 0.25) is 5.91 Å². The Labute approximate surface area is 149 Å². The second-order valence-electron chi connectivity index (χ2n) is 6.07. The SMILES string of the molecule is N#Cc1ccc(SCCC(=O)NCCOC2CCCCCC2)cc1. The number of ether oxygens (including phenoxy) is 1. The Morgan fingerprint density at radius 2 is 1.92 bits per heavy atom. The van der Waals surface area contributed by atoms with E-state index in [9.17, 15) is 4.79 Å². The van der Waals surface area contributed by atoms with Crippen LogP contribution in [0.25, 0.3) is 0 Å². The van der Waals surface area contributed by atoms with Crippen molar-refractivity contribution < 1.29 is 9.53 Å². The lowest BCUT2D eigenvalue weighted by Gasteiger charge is -2.15. The van der Waals surface area contributed by atoms with Gasteiger partial charge in [-0.1, -0.05) is 25.7 Å². The first-order valence-corrected chi connectivity index (χ1v) is 9.78. The van der Waals surface area contributed by atoms with Gasteiger partial charge in [-0.25, -0.2) is 0 Å². The van der Waals surface area contributed by atoms with Crippen LogP contribution in [-0.4, -0.2) is 30.9 Å². The molecule has 0 unspecified atom stereocenters. The third kappa shape index (κ3) is 7.37. The number of benzene rings is 1. The van der Waals surface area contributed by atoms with Crippen molar-refractivity contribution in [3.05, 3.63) is 29.8 Å². The Kier molecular flexibility index (Phi) is 8.72. The molecule has 1 N–H and O–H groups in total. The van der Waals surface area contributed by atoms with Crippen molar-refractivity contribution in [3.8, 4) is 6.07 Å². The van der Waals surface area contributed by atoms with Crippen LogP contribution in [0.3, 0.4) is 0 Å². The molecule has 0 spiro atoms. The molecular formula is C19H26N2O2S. The largest absolute Gasteiger partial charge is 0.376 e. The van der Waals surface area contributed by atoms with Crippen molar-refractivity contribution in [2.75, 3.05) is 18.9 Å². The highest BCUT2D eigenvalue weighted by Gasteiger charge is 2.12. The van der Waals surface area contributed by atoms with Gasteiger partial charge in [-0.15, -0.1) is 11.8 Å². The van der Waals surface area contributed by atoms with E-state index in [1.807, 2.05) is 12.1 Å². The number of carbonyl (C=O) groups excluding carboxylic acids is 1. The van der Waals surface area contributed by atoms with Crippen molar-refractivity contribution >= 4 is 17.7 Å². The topological polar surface area (TPSA) is 62.1 Å². The number of hydrogen-bond donors (Lipinski definition) is 1. The number of nitriles is 1. The predicted octanol–water partition coefficient (Wildman–Crippen LogP) is 3.90. The van der Waals surface area contributed by atoms with Crippen molar-refractivity contribution in [1.29, 1.82) is 5.26 Å². The van der Waals surface area contributed by atoms with Gasteiger partial charge in [-0.3, -0.25) is 4.79 Å². The summed E-state index contributed by atoms with van der Waals surface area (Å²) in [6, 6.07) is 9.53. The maximum absolute atomic E-state index is 11.8. The number of carbonyl (C=O) groups is 1. The van der Waals surface area contributed by atoms with Gasteiger partial charge < -0.3 is 10.1 Å². The maximum Gasteiger partial charge on any atom is 0.220 e. The lowest BCUT2D eigenvalue weighted by atomic mass is 10.1. The molecule has 0 radical (unpaired) electrons. The van der Waals surface area contributed by atoms with Crippen molar-refractivity contribution in [2.24, 2.45) is 0 Å². The Morgan fingerprint density at radius 1 is 1.21 bits per heavy atom. The summed E-state index contributed by atoms with van der Waals surface area (Å²) >= 11 is 1.63. The van der Waals surface area contributed by atoms with E-state index >= 15 is 0 Å². The van der Waals surface area contributed by atoms with Crippen LogP contribution >= 0.6 is 11.8 Å². The normalized spacial score (nSPS) is 15.5. The summed E-state index contributed by atoms with van der Waals surface area (Å²) in [5.41, 5.74) is 0.658. The molecule has 0 bridgehead atoms. The van der Waals surface area contributed by atoms with Gasteiger partial charge >= 0.3 is 0 Å². The fourth-order valence-corrected chi connectivity index (χ4v) is 3.65. The van der Waals surface area contributed by atoms with E-state index in [2.05, 4.69) is 11.4 Å². The molecule has 1 aliphatic rings. The lowest BCUT2D eigenvalue weighted by molar-refractivity contribution is -0.121. The number of hydrogen-bond acceptors (Lipinski definition) is 4. The van der Waals surface area contributed by atoms with E-state index in [0.717, 1.165) is 23.5 Å². The van der Waals surface area contributed by atoms with Gasteiger partial charge in [0.1, 0.15) is 0 Å². The van der Waals surface area contributed by atoms with E-state index in [1.165, 1.54) is 25.7 Å². The zero-order valence-corrected chi connectivity index (χ0v) is 14.9. The molecule has 5 heteroatoms. The van der Waals surface area contributed by atoms with Crippen LogP contribution in [0.1, 0.15) is 50.5 Å². The van der Waals surface area contributed by atoms with Crippen molar-refractivity contribution in [1.82, 2.24) is 5.32 Å². The van der Waals surface area contributed by atoms with Crippen LogP contribution in [0.4, 0.5) is 0 Å². The fraction of sp³-hybridized carbons (Fsp3) is 0.579. The molecule has 1 aromatic carbocycles. The van der Waals surface area contributed by atoms with Gasteiger partial charge in [-0.2, -0.15) is 5.26 Å². The molecule has 0 heterocycles. The van der Waals surface area contributed by atoms with Crippen molar-refractivity contribution in [3.63, 3.8) is 0 Å². The van der Waals surface area contributed by atoms with E-state index in [1.54, 1.807) is 23.9 Å². The van der Waals surface area contributed by atoms with Crippen LogP contribution in [0.15, 0.2) is 29.2 Å². The summed E-state index contributed by atoms with van der Waals surface area (Å²) in [6.45, 7) is 1.20. The molecule has 1 amide bonds. The predicted molar refractivity (Wildman–Crippen MR) is 96.9 cm³/mol. The molecule has 1 fully saturated rings. The van der Waals surface area contributed by atoms with Crippen molar-refractivity contribution in [2.45, 2.75) is 55.9 Å². The highest BCUT2D eigenvalue weighted by molar-refractivity contribution is 7.99. The number of amides is 1. The first-order chi connectivity index (χ1) is 11.8. The molecule has 0 aliphatic heterocycles. The number of rotatable bonds is 8. The molecule has 4 nitrogen and oxygen atoms in total. The van der Waals surface area contributed by atoms with Crippen LogP contribution in [0.5, 0.6) is 0 Å². The monoisotopic (exact) mass is 346 g/mol. The summed E-state index contributed by atoms with van der Waals surface area (Å²) in [5, 5.41) is 11.7. The summed E-state index contributed by atoms with van der Waals surface area (Å²) in [6.07, 6.45) is 8.39. The average molecular weight is 346 g/mol. The fourth-order valence-electron chi connectivity index (χ4n) is 2.80. The minimum Gasteiger partial charge on any atom is -0.376 e. The quantitative estimate of drug-likeness (QED) is 0.440. The zero-order valence-electron chi connectivity index (χ0n) is 14.1. The first-order valence-electron chi connectivity index (χ1n) is 8.79. The molecule has 1 saturated carbocycles. The third-order valence-corrected chi connectivity index (χ3v) is 5.17. The van der Waals surface area contributed by atoms with Gasteiger partial charge in [0.05, 0.1) is 24.3 Å².